The lowest BCUT2D eigenvalue weighted by molar-refractivity contribution is -0.121. The van der Waals surface area contributed by atoms with Crippen LogP contribution in [0.15, 0.2) is 66.7 Å². The first-order valence-electron chi connectivity index (χ1n) is 12.4. The molecule has 0 radical (unpaired) electrons. The van der Waals surface area contributed by atoms with Gasteiger partial charge in [0.05, 0.1) is 24.5 Å². The molecule has 0 spiro atoms. The Balaban J connectivity index is 1.22. The van der Waals surface area contributed by atoms with E-state index in [1.54, 1.807) is 4.90 Å². The molecule has 7 nitrogen and oxygen atoms in total. The van der Waals surface area contributed by atoms with Gasteiger partial charge in [0.2, 0.25) is 0 Å². The van der Waals surface area contributed by atoms with Crippen LogP contribution in [0.4, 0.5) is 11.4 Å². The SMILES string of the molecule is CCOc1ccccc1N1CCN(C(=O)c2ccc(CN3C(=O)COc4ccc(C)cc43)cc2)CC1. The van der Waals surface area contributed by atoms with Gasteiger partial charge in [0.15, 0.2) is 6.61 Å². The average Bonchev–Trinajstić information content (AvgIpc) is 2.91. The number of ether oxygens (including phenoxy) is 2. The number of benzene rings is 3. The Morgan fingerprint density at radius 2 is 1.69 bits per heavy atom. The number of amides is 2. The number of para-hydroxylation sites is 2. The standard InChI is InChI=1S/C29H31N3O4/c1-3-35-26-7-5-4-6-24(26)30-14-16-31(17-15-30)29(34)23-11-9-22(10-12-23)19-32-25-18-21(2)8-13-27(25)36-20-28(32)33/h4-13,18H,3,14-17,19-20H2,1-2H3. The molecule has 0 atom stereocenters. The van der Waals surface area contributed by atoms with Crippen molar-refractivity contribution in [3.8, 4) is 11.5 Å². The van der Waals surface area contributed by atoms with E-state index in [0.717, 1.165) is 47.1 Å². The molecule has 0 bridgehead atoms. The van der Waals surface area contributed by atoms with Crippen LogP contribution in [0, 0.1) is 6.92 Å². The van der Waals surface area contributed by atoms with Crippen LogP contribution in [0.5, 0.6) is 11.5 Å². The molecule has 1 fully saturated rings. The highest BCUT2D eigenvalue weighted by atomic mass is 16.5. The normalized spacial score (nSPS) is 15.4. The maximum atomic E-state index is 13.2. The smallest absolute Gasteiger partial charge is 0.265 e. The maximum Gasteiger partial charge on any atom is 0.265 e. The minimum atomic E-state index is -0.0722. The second-order valence-corrected chi connectivity index (χ2v) is 9.12. The fourth-order valence-corrected chi connectivity index (χ4v) is 4.75. The molecule has 1 saturated heterocycles. The first-order chi connectivity index (χ1) is 17.5. The van der Waals surface area contributed by atoms with Crippen molar-refractivity contribution >= 4 is 23.2 Å². The molecule has 2 heterocycles. The van der Waals surface area contributed by atoms with Gasteiger partial charge >= 0.3 is 0 Å². The largest absolute Gasteiger partial charge is 0.492 e. The van der Waals surface area contributed by atoms with Crippen molar-refractivity contribution in [1.29, 1.82) is 0 Å². The van der Waals surface area contributed by atoms with E-state index in [-0.39, 0.29) is 18.4 Å². The highest BCUT2D eigenvalue weighted by molar-refractivity contribution is 5.98. The summed E-state index contributed by atoms with van der Waals surface area (Å²) in [6, 6.07) is 21.5. The molecule has 2 aliphatic heterocycles. The van der Waals surface area contributed by atoms with Crippen LogP contribution in [0.2, 0.25) is 0 Å². The topological polar surface area (TPSA) is 62.3 Å². The number of hydrogen-bond donors (Lipinski definition) is 0. The summed E-state index contributed by atoms with van der Waals surface area (Å²) >= 11 is 0. The van der Waals surface area contributed by atoms with Gasteiger partial charge in [0, 0.05) is 31.7 Å². The highest BCUT2D eigenvalue weighted by Crippen LogP contribution is 2.34. The zero-order valence-corrected chi connectivity index (χ0v) is 20.8. The molecule has 0 aromatic heterocycles. The summed E-state index contributed by atoms with van der Waals surface area (Å²) in [4.78, 5) is 31.7. The van der Waals surface area contributed by atoms with Crippen molar-refractivity contribution < 1.29 is 19.1 Å². The molecular weight excluding hydrogens is 454 g/mol. The number of fused-ring (bicyclic) bond motifs is 1. The van der Waals surface area contributed by atoms with Gasteiger partial charge in [0.25, 0.3) is 11.8 Å². The second kappa shape index (κ2) is 10.3. The lowest BCUT2D eigenvalue weighted by Gasteiger charge is -2.36. The van der Waals surface area contributed by atoms with Gasteiger partial charge in [-0.05, 0) is 61.4 Å². The number of aryl methyl sites for hydroxylation is 1. The zero-order valence-electron chi connectivity index (χ0n) is 20.8. The van der Waals surface area contributed by atoms with Crippen molar-refractivity contribution in [2.45, 2.75) is 20.4 Å². The van der Waals surface area contributed by atoms with Crippen LogP contribution in [-0.4, -0.2) is 56.1 Å². The fraction of sp³-hybridized carbons (Fsp3) is 0.310. The maximum absolute atomic E-state index is 13.2. The first kappa shape index (κ1) is 23.7. The van der Waals surface area contributed by atoms with E-state index in [9.17, 15) is 9.59 Å². The number of carbonyl (C=O) groups is 2. The predicted molar refractivity (Wildman–Crippen MR) is 140 cm³/mol. The summed E-state index contributed by atoms with van der Waals surface area (Å²) in [5.74, 6) is 1.56. The number of anilines is 2. The first-order valence-corrected chi connectivity index (χ1v) is 12.4. The molecule has 0 aliphatic carbocycles. The van der Waals surface area contributed by atoms with Crippen LogP contribution in [0.1, 0.15) is 28.4 Å². The van der Waals surface area contributed by atoms with E-state index >= 15 is 0 Å². The van der Waals surface area contributed by atoms with Crippen LogP contribution >= 0.6 is 0 Å². The van der Waals surface area contributed by atoms with E-state index in [1.165, 1.54) is 0 Å². The van der Waals surface area contributed by atoms with Gasteiger partial charge < -0.3 is 24.2 Å². The van der Waals surface area contributed by atoms with E-state index in [0.29, 0.717) is 31.8 Å². The molecule has 2 amide bonds. The predicted octanol–water partition coefficient (Wildman–Crippen LogP) is 4.28. The van der Waals surface area contributed by atoms with Crippen molar-refractivity contribution in [3.63, 3.8) is 0 Å². The molecule has 3 aromatic carbocycles. The van der Waals surface area contributed by atoms with Gasteiger partial charge in [-0.15, -0.1) is 0 Å². The second-order valence-electron chi connectivity index (χ2n) is 9.12. The molecule has 0 N–H and O–H groups in total. The van der Waals surface area contributed by atoms with Crippen molar-refractivity contribution in [2.24, 2.45) is 0 Å². The van der Waals surface area contributed by atoms with Crippen LogP contribution in [0.25, 0.3) is 0 Å². The lowest BCUT2D eigenvalue weighted by Crippen LogP contribution is -2.48. The molecule has 36 heavy (non-hydrogen) atoms. The van der Waals surface area contributed by atoms with E-state index in [4.69, 9.17) is 9.47 Å². The van der Waals surface area contributed by atoms with E-state index in [2.05, 4.69) is 11.0 Å². The average molecular weight is 486 g/mol. The van der Waals surface area contributed by atoms with E-state index < -0.39 is 0 Å². The van der Waals surface area contributed by atoms with Gasteiger partial charge in [0.1, 0.15) is 11.5 Å². The highest BCUT2D eigenvalue weighted by Gasteiger charge is 2.27. The van der Waals surface area contributed by atoms with Gasteiger partial charge in [-0.2, -0.15) is 0 Å². The van der Waals surface area contributed by atoms with Crippen molar-refractivity contribution in [3.05, 3.63) is 83.4 Å². The Hall–Kier alpha value is -4.00. The molecule has 5 rings (SSSR count). The molecule has 7 heteroatoms. The Bertz CT molecular complexity index is 1250. The Kier molecular flexibility index (Phi) is 6.80. The summed E-state index contributed by atoms with van der Waals surface area (Å²) in [7, 11) is 0. The summed E-state index contributed by atoms with van der Waals surface area (Å²) in [5, 5.41) is 0. The minimum absolute atomic E-state index is 0.0303. The van der Waals surface area contributed by atoms with Crippen LogP contribution < -0.4 is 19.3 Å². The lowest BCUT2D eigenvalue weighted by atomic mass is 10.1. The number of piperazine rings is 1. The number of nitrogens with zero attached hydrogens (tertiary/aromatic N) is 3. The molecule has 3 aromatic rings. The van der Waals surface area contributed by atoms with Gasteiger partial charge in [-0.25, -0.2) is 0 Å². The summed E-state index contributed by atoms with van der Waals surface area (Å²) < 4.78 is 11.4. The zero-order chi connectivity index (χ0) is 25.1. The van der Waals surface area contributed by atoms with E-state index in [1.807, 2.05) is 79.4 Å². The number of hydrogen-bond acceptors (Lipinski definition) is 5. The third kappa shape index (κ3) is 4.87. The van der Waals surface area contributed by atoms with Crippen LogP contribution in [-0.2, 0) is 11.3 Å². The van der Waals surface area contributed by atoms with Gasteiger partial charge in [-0.3, -0.25) is 9.59 Å². The van der Waals surface area contributed by atoms with Crippen molar-refractivity contribution in [1.82, 2.24) is 4.90 Å². The Morgan fingerprint density at radius 3 is 2.44 bits per heavy atom. The van der Waals surface area contributed by atoms with Crippen LogP contribution in [0.3, 0.4) is 0 Å². The number of carbonyl (C=O) groups excluding carboxylic acids is 2. The molecule has 186 valence electrons. The quantitative estimate of drug-likeness (QED) is 0.522. The minimum Gasteiger partial charge on any atom is -0.492 e. The summed E-state index contributed by atoms with van der Waals surface area (Å²) in [6.07, 6.45) is 0. The third-order valence-electron chi connectivity index (χ3n) is 6.67. The monoisotopic (exact) mass is 485 g/mol. The fourth-order valence-electron chi connectivity index (χ4n) is 4.75. The number of rotatable bonds is 6. The Morgan fingerprint density at radius 1 is 0.944 bits per heavy atom. The van der Waals surface area contributed by atoms with Crippen molar-refractivity contribution in [2.75, 3.05) is 49.2 Å². The molecular formula is C29H31N3O4. The van der Waals surface area contributed by atoms with Gasteiger partial charge in [-0.1, -0.05) is 30.3 Å². The molecule has 0 saturated carbocycles. The summed E-state index contributed by atoms with van der Waals surface area (Å²) in [6.45, 7) is 7.89. The summed E-state index contributed by atoms with van der Waals surface area (Å²) in [5.41, 5.74) is 4.55. The third-order valence-corrected chi connectivity index (χ3v) is 6.67. The molecule has 2 aliphatic rings. The molecule has 0 unspecified atom stereocenters. The Labute approximate surface area is 211 Å².